The molecule has 126 valence electrons. The second-order valence-corrected chi connectivity index (χ2v) is 5.12. The van der Waals surface area contributed by atoms with E-state index in [-0.39, 0.29) is 0 Å². The van der Waals surface area contributed by atoms with Gasteiger partial charge in [0.1, 0.15) is 17.3 Å². The minimum atomic E-state index is -0.898. The van der Waals surface area contributed by atoms with Gasteiger partial charge in [-0.15, -0.1) is 0 Å². The van der Waals surface area contributed by atoms with Crippen LogP contribution in [0.3, 0.4) is 0 Å². The summed E-state index contributed by atoms with van der Waals surface area (Å²) >= 11 is 0. The zero-order chi connectivity index (χ0) is 17.5. The summed E-state index contributed by atoms with van der Waals surface area (Å²) in [6, 6.07) is 12.3. The third kappa shape index (κ3) is 4.38. The number of rotatable bonds is 6. The van der Waals surface area contributed by atoms with Gasteiger partial charge < -0.3 is 10.1 Å². The van der Waals surface area contributed by atoms with Gasteiger partial charge >= 0.3 is 5.97 Å². The smallest absolute Gasteiger partial charge is 0.313 e. The minimum absolute atomic E-state index is 0.496. The first kappa shape index (κ1) is 17.6. The van der Waals surface area contributed by atoms with Crippen LogP contribution in [0.15, 0.2) is 48.5 Å². The summed E-state index contributed by atoms with van der Waals surface area (Å²) < 4.78 is 31.9. The molecule has 0 bridgehead atoms. The highest BCUT2D eigenvalue weighted by Crippen LogP contribution is 2.21. The Morgan fingerprint density at radius 3 is 2.25 bits per heavy atom. The number of para-hydroxylation sites is 1. The van der Waals surface area contributed by atoms with E-state index in [0.717, 1.165) is 17.7 Å². The van der Waals surface area contributed by atoms with Crippen LogP contribution in [0, 0.1) is 11.6 Å². The van der Waals surface area contributed by atoms with E-state index in [1.54, 1.807) is 24.3 Å². The zero-order valence-electron chi connectivity index (χ0n) is 13.1. The Morgan fingerprint density at radius 2 is 1.67 bits per heavy atom. The number of esters is 1. The molecule has 2 aromatic carbocycles. The van der Waals surface area contributed by atoms with Crippen molar-refractivity contribution in [1.82, 2.24) is 0 Å². The highest BCUT2D eigenvalue weighted by molar-refractivity contribution is 5.93. The van der Waals surface area contributed by atoms with E-state index in [9.17, 15) is 18.4 Å². The predicted octanol–water partition coefficient (Wildman–Crippen LogP) is 3.64. The second-order valence-electron chi connectivity index (χ2n) is 5.12. The number of hydrogen-bond donors (Lipinski definition) is 1. The van der Waals surface area contributed by atoms with Crippen LogP contribution in [0.4, 0.5) is 14.5 Å². The zero-order valence-corrected chi connectivity index (χ0v) is 13.1. The lowest BCUT2D eigenvalue weighted by Gasteiger charge is -2.14. The fraction of sp³-hybridized carbons (Fsp3) is 0.222. The Labute approximate surface area is 138 Å². The average Bonchev–Trinajstić information content (AvgIpc) is 2.58. The topological polar surface area (TPSA) is 55.4 Å². The minimum Gasteiger partial charge on any atom is -0.455 e. The molecule has 6 heteroatoms. The number of anilines is 1. The van der Waals surface area contributed by atoms with Crippen molar-refractivity contribution in [2.75, 3.05) is 11.9 Å². The van der Waals surface area contributed by atoms with Gasteiger partial charge in [-0.2, -0.15) is 0 Å². The molecule has 0 saturated carbocycles. The van der Waals surface area contributed by atoms with Crippen molar-refractivity contribution in [3.05, 3.63) is 65.7 Å². The lowest BCUT2D eigenvalue weighted by Crippen LogP contribution is -2.24. The Bertz CT molecular complexity index is 699. The lowest BCUT2D eigenvalue weighted by molar-refractivity contribution is -0.149. The number of carbonyl (C=O) groups is 2. The highest BCUT2D eigenvalue weighted by atomic mass is 19.1. The maximum Gasteiger partial charge on any atom is 0.313 e. The van der Waals surface area contributed by atoms with Gasteiger partial charge in [-0.05, 0) is 24.1 Å². The van der Waals surface area contributed by atoms with Crippen LogP contribution >= 0.6 is 0 Å². The second kappa shape index (κ2) is 8.19. The molecule has 0 saturated heterocycles. The van der Waals surface area contributed by atoms with Gasteiger partial charge in [0.05, 0.1) is 5.92 Å². The van der Waals surface area contributed by atoms with Crippen LogP contribution in [-0.2, 0) is 14.3 Å². The molecule has 1 atom stereocenters. The van der Waals surface area contributed by atoms with E-state index < -0.39 is 41.7 Å². The van der Waals surface area contributed by atoms with Crippen molar-refractivity contribution < 1.29 is 23.1 Å². The summed E-state index contributed by atoms with van der Waals surface area (Å²) in [5, 5.41) is 2.06. The first-order chi connectivity index (χ1) is 11.5. The fourth-order valence-electron chi connectivity index (χ4n) is 2.25. The van der Waals surface area contributed by atoms with E-state index in [1.165, 1.54) is 6.07 Å². The molecular weight excluding hydrogens is 316 g/mol. The number of carbonyl (C=O) groups excluding carboxylic acids is 2. The number of nitrogens with one attached hydrogen (secondary N) is 1. The molecule has 0 radical (unpaired) electrons. The molecule has 0 aliphatic heterocycles. The van der Waals surface area contributed by atoms with E-state index in [1.807, 2.05) is 13.0 Å². The third-order valence-corrected chi connectivity index (χ3v) is 3.47. The van der Waals surface area contributed by atoms with E-state index in [2.05, 4.69) is 5.32 Å². The van der Waals surface area contributed by atoms with Crippen LogP contribution < -0.4 is 5.32 Å². The standard InChI is InChI=1S/C18H17F2NO3/c1-2-13(12-7-4-3-5-8-12)18(23)24-11-16(22)21-17-14(19)9-6-10-15(17)20/h3-10,13H,2,11H2,1H3,(H,21,22). The van der Waals surface area contributed by atoms with Gasteiger partial charge in [-0.25, -0.2) is 8.78 Å². The monoisotopic (exact) mass is 333 g/mol. The molecule has 0 aliphatic carbocycles. The Hall–Kier alpha value is -2.76. The predicted molar refractivity (Wildman–Crippen MR) is 85.4 cm³/mol. The number of benzene rings is 2. The van der Waals surface area contributed by atoms with Gasteiger partial charge in [0, 0.05) is 0 Å². The number of ether oxygens (including phenoxy) is 1. The first-order valence-electron chi connectivity index (χ1n) is 7.48. The van der Waals surface area contributed by atoms with Crippen LogP contribution in [0.2, 0.25) is 0 Å². The summed E-state index contributed by atoms with van der Waals surface area (Å²) in [7, 11) is 0. The molecule has 0 aromatic heterocycles. The van der Waals surface area contributed by atoms with Crippen molar-refractivity contribution in [3.8, 4) is 0 Å². The highest BCUT2D eigenvalue weighted by Gasteiger charge is 2.21. The van der Waals surface area contributed by atoms with E-state index in [4.69, 9.17) is 4.74 Å². The van der Waals surface area contributed by atoms with Crippen molar-refractivity contribution in [2.24, 2.45) is 0 Å². The fourth-order valence-corrected chi connectivity index (χ4v) is 2.25. The molecule has 1 unspecified atom stereocenters. The summed E-state index contributed by atoms with van der Waals surface area (Å²) in [5.41, 5.74) is 0.221. The molecule has 4 nitrogen and oxygen atoms in total. The first-order valence-corrected chi connectivity index (χ1v) is 7.48. The lowest BCUT2D eigenvalue weighted by atomic mass is 9.97. The van der Waals surface area contributed by atoms with Crippen molar-refractivity contribution in [1.29, 1.82) is 0 Å². The molecule has 1 amide bonds. The normalized spacial score (nSPS) is 11.6. The molecule has 2 rings (SSSR count). The number of halogens is 2. The molecule has 0 heterocycles. The Kier molecular flexibility index (Phi) is 6.01. The van der Waals surface area contributed by atoms with Crippen LogP contribution in [0.1, 0.15) is 24.8 Å². The largest absolute Gasteiger partial charge is 0.455 e. The Morgan fingerprint density at radius 1 is 1.04 bits per heavy atom. The third-order valence-electron chi connectivity index (χ3n) is 3.47. The maximum absolute atomic E-state index is 13.5. The van der Waals surface area contributed by atoms with Gasteiger partial charge in [-0.1, -0.05) is 43.3 Å². The van der Waals surface area contributed by atoms with Gasteiger partial charge in [0.15, 0.2) is 6.61 Å². The molecule has 1 N–H and O–H groups in total. The van der Waals surface area contributed by atoms with Crippen LogP contribution in [0.5, 0.6) is 0 Å². The van der Waals surface area contributed by atoms with Crippen LogP contribution in [-0.4, -0.2) is 18.5 Å². The Balaban J connectivity index is 1.94. The maximum atomic E-state index is 13.5. The molecule has 24 heavy (non-hydrogen) atoms. The van der Waals surface area contributed by atoms with Crippen LogP contribution in [0.25, 0.3) is 0 Å². The number of hydrogen-bond acceptors (Lipinski definition) is 3. The molecule has 0 fully saturated rings. The summed E-state index contributed by atoms with van der Waals surface area (Å²) in [5.74, 6) is -3.66. The number of amides is 1. The van der Waals surface area contributed by atoms with Crippen molar-refractivity contribution >= 4 is 17.6 Å². The SMILES string of the molecule is CCC(C(=O)OCC(=O)Nc1c(F)cccc1F)c1ccccc1. The average molecular weight is 333 g/mol. The van der Waals surface area contributed by atoms with E-state index >= 15 is 0 Å². The van der Waals surface area contributed by atoms with Crippen molar-refractivity contribution in [3.63, 3.8) is 0 Å². The van der Waals surface area contributed by atoms with Crippen molar-refractivity contribution in [2.45, 2.75) is 19.3 Å². The van der Waals surface area contributed by atoms with Gasteiger partial charge in [0.25, 0.3) is 5.91 Å². The molecule has 2 aromatic rings. The summed E-state index contributed by atoms with van der Waals surface area (Å²) in [4.78, 5) is 23.9. The molecule has 0 spiro atoms. The molecule has 0 aliphatic rings. The van der Waals surface area contributed by atoms with E-state index in [0.29, 0.717) is 6.42 Å². The molecular formula is C18H17F2NO3. The summed E-state index contributed by atoms with van der Waals surface area (Å²) in [6.45, 7) is 1.21. The summed E-state index contributed by atoms with van der Waals surface area (Å²) in [6.07, 6.45) is 0.506. The quantitative estimate of drug-likeness (QED) is 0.821. The van der Waals surface area contributed by atoms with Gasteiger partial charge in [-0.3, -0.25) is 9.59 Å². The van der Waals surface area contributed by atoms with Gasteiger partial charge in [0.2, 0.25) is 0 Å².